The van der Waals surface area contributed by atoms with Crippen LogP contribution in [0.25, 0.3) is 20.2 Å². The quantitative estimate of drug-likeness (QED) is 0.197. The molecule has 3 rings (SSSR count). The topological polar surface area (TPSA) is 86.7 Å². The lowest BCUT2D eigenvalue weighted by Gasteiger charge is -2.11. The van der Waals surface area contributed by atoms with Gasteiger partial charge in [-0.1, -0.05) is 0 Å². The summed E-state index contributed by atoms with van der Waals surface area (Å²) >= 11 is 6.83. The van der Waals surface area contributed by atoms with Gasteiger partial charge in [-0.05, 0) is 56.1 Å². The van der Waals surface area contributed by atoms with E-state index in [1.165, 1.54) is 12.1 Å². The molecular weight excluding hydrogens is 634 g/mol. The highest BCUT2D eigenvalue weighted by Crippen LogP contribution is 2.44. The third-order valence-corrected chi connectivity index (χ3v) is 7.83. The molecule has 0 saturated heterocycles. The summed E-state index contributed by atoms with van der Waals surface area (Å²) in [6.45, 7) is 0. The van der Waals surface area contributed by atoms with Crippen molar-refractivity contribution >= 4 is 83.6 Å². The lowest BCUT2D eigenvalue weighted by atomic mass is 10.1. The Morgan fingerprint density at radius 3 is 1.29 bits per heavy atom. The lowest BCUT2D eigenvalue weighted by molar-refractivity contribution is -0.0505. The normalized spacial score (nSPS) is 13.7. The molecule has 0 aliphatic heterocycles. The lowest BCUT2D eigenvalue weighted by Crippen LogP contribution is -2.28. The molecule has 0 aliphatic carbocycles. The highest BCUT2D eigenvalue weighted by atomic mass is 79.9. The molecule has 0 bridgehead atoms. The summed E-state index contributed by atoms with van der Waals surface area (Å²) in [6, 6.07) is 4.30. The van der Waals surface area contributed by atoms with Gasteiger partial charge < -0.3 is 8.37 Å². The van der Waals surface area contributed by atoms with Crippen LogP contribution in [0, 0.1) is 0 Å². The standard InChI is InChI=1S/C14H4Br2F6O6S3/c15-7-3-11-5(1-9(7)27-30(23,24)13(17,18)19)6-2-10(8(16)4-12(6)29-11)28-31(25,26)14(20,21)22/h1-4H. The van der Waals surface area contributed by atoms with Crippen LogP contribution in [0.5, 0.6) is 11.5 Å². The summed E-state index contributed by atoms with van der Waals surface area (Å²) in [7, 11) is -12.0. The highest BCUT2D eigenvalue weighted by molar-refractivity contribution is 9.11. The monoisotopic (exact) mass is 636 g/mol. The minimum atomic E-state index is -6.00. The van der Waals surface area contributed by atoms with Gasteiger partial charge in [0.05, 0.1) is 8.95 Å². The zero-order valence-corrected chi connectivity index (χ0v) is 19.6. The minimum absolute atomic E-state index is 0.0809. The molecule has 2 aromatic carbocycles. The Hall–Kier alpha value is -1.30. The van der Waals surface area contributed by atoms with Crippen molar-refractivity contribution in [3.63, 3.8) is 0 Å². The molecule has 31 heavy (non-hydrogen) atoms. The van der Waals surface area contributed by atoms with Gasteiger partial charge in [-0.15, -0.1) is 11.3 Å². The van der Waals surface area contributed by atoms with Crippen molar-refractivity contribution in [1.82, 2.24) is 0 Å². The van der Waals surface area contributed by atoms with Gasteiger partial charge in [0, 0.05) is 20.2 Å². The van der Waals surface area contributed by atoms with Gasteiger partial charge in [-0.2, -0.15) is 43.2 Å². The van der Waals surface area contributed by atoms with Crippen LogP contribution in [0.2, 0.25) is 0 Å². The fraction of sp³-hybridized carbons (Fsp3) is 0.143. The average molecular weight is 638 g/mol. The van der Waals surface area contributed by atoms with E-state index in [0.29, 0.717) is 9.40 Å². The van der Waals surface area contributed by atoms with Crippen molar-refractivity contribution < 1.29 is 51.5 Å². The fourth-order valence-electron chi connectivity index (χ4n) is 2.24. The van der Waals surface area contributed by atoms with Gasteiger partial charge in [-0.25, -0.2) is 0 Å². The predicted molar refractivity (Wildman–Crippen MR) is 106 cm³/mol. The Bertz CT molecular complexity index is 1300. The van der Waals surface area contributed by atoms with Crippen molar-refractivity contribution in [2.75, 3.05) is 0 Å². The maximum atomic E-state index is 12.6. The Labute approximate surface area is 190 Å². The van der Waals surface area contributed by atoms with Gasteiger partial charge in [0.2, 0.25) is 0 Å². The molecule has 1 aromatic heterocycles. The van der Waals surface area contributed by atoms with Crippen molar-refractivity contribution in [2.24, 2.45) is 0 Å². The molecule has 3 aromatic rings. The average Bonchev–Trinajstić information content (AvgIpc) is 2.89. The number of alkyl halides is 6. The Balaban J connectivity index is 2.18. The summed E-state index contributed by atoms with van der Waals surface area (Å²) < 4.78 is 130. The van der Waals surface area contributed by atoms with Gasteiger partial charge in [-0.3, -0.25) is 0 Å². The summed E-state index contributed by atoms with van der Waals surface area (Å²) in [5.74, 6) is -1.48. The maximum absolute atomic E-state index is 12.6. The molecule has 0 N–H and O–H groups in total. The van der Waals surface area contributed by atoms with E-state index in [4.69, 9.17) is 0 Å². The van der Waals surface area contributed by atoms with Gasteiger partial charge in [0.15, 0.2) is 11.5 Å². The van der Waals surface area contributed by atoms with E-state index >= 15 is 0 Å². The van der Waals surface area contributed by atoms with Crippen molar-refractivity contribution in [2.45, 2.75) is 11.0 Å². The molecule has 17 heteroatoms. The van der Waals surface area contributed by atoms with Crippen LogP contribution < -0.4 is 8.37 Å². The van der Waals surface area contributed by atoms with E-state index in [1.54, 1.807) is 0 Å². The molecule has 0 saturated carbocycles. The smallest absolute Gasteiger partial charge is 0.375 e. The molecule has 0 atom stereocenters. The van der Waals surface area contributed by atoms with Crippen LogP contribution in [-0.2, 0) is 20.2 Å². The molecule has 6 nitrogen and oxygen atoms in total. The largest absolute Gasteiger partial charge is 0.534 e. The fourth-order valence-corrected chi connectivity index (χ4v) is 5.69. The number of benzene rings is 2. The van der Waals surface area contributed by atoms with Crippen LogP contribution in [0.4, 0.5) is 26.3 Å². The third-order valence-electron chi connectivity index (χ3n) is 3.54. The van der Waals surface area contributed by atoms with Crippen LogP contribution in [0.3, 0.4) is 0 Å². The van der Waals surface area contributed by atoms with Crippen molar-refractivity contribution in [3.05, 3.63) is 33.2 Å². The first-order valence-corrected chi connectivity index (χ1v) is 12.5. The number of thiophene rings is 1. The second kappa shape index (κ2) is 7.64. The van der Waals surface area contributed by atoms with E-state index in [2.05, 4.69) is 40.2 Å². The zero-order valence-electron chi connectivity index (χ0n) is 14.0. The van der Waals surface area contributed by atoms with E-state index in [0.717, 1.165) is 23.5 Å². The van der Waals surface area contributed by atoms with E-state index < -0.39 is 42.8 Å². The van der Waals surface area contributed by atoms with Crippen LogP contribution >= 0.6 is 43.2 Å². The SMILES string of the molecule is O=S(=O)(Oc1cc2c(cc1Br)sc1cc(Br)c(OS(=O)(=O)C(F)(F)F)cc12)C(F)(F)F. The first kappa shape index (κ1) is 24.3. The van der Waals surface area contributed by atoms with E-state index in [-0.39, 0.29) is 19.7 Å². The predicted octanol–water partition coefficient (Wildman–Crippen LogP) is 6.04. The molecule has 0 spiro atoms. The third kappa shape index (κ3) is 4.60. The molecular formula is C14H4Br2F6O6S3. The molecule has 0 fully saturated rings. The van der Waals surface area contributed by atoms with Gasteiger partial charge >= 0.3 is 31.3 Å². The van der Waals surface area contributed by atoms with Crippen LogP contribution in [-0.4, -0.2) is 27.9 Å². The van der Waals surface area contributed by atoms with Gasteiger partial charge in [0.25, 0.3) is 0 Å². The number of hydrogen-bond donors (Lipinski definition) is 0. The molecule has 0 amide bonds. The van der Waals surface area contributed by atoms with Crippen LogP contribution in [0.15, 0.2) is 33.2 Å². The summed E-state index contributed by atoms with van der Waals surface area (Å²) in [6.07, 6.45) is 0. The summed E-state index contributed by atoms with van der Waals surface area (Å²) in [5, 5.41) is 0.162. The number of rotatable bonds is 4. The second-order valence-electron chi connectivity index (χ2n) is 5.63. The molecule has 170 valence electrons. The van der Waals surface area contributed by atoms with Crippen LogP contribution in [0.1, 0.15) is 0 Å². The van der Waals surface area contributed by atoms with Crippen molar-refractivity contribution in [3.8, 4) is 11.5 Å². The summed E-state index contributed by atoms with van der Waals surface area (Å²) in [5.41, 5.74) is -11.4. The molecule has 0 unspecified atom stereocenters. The first-order chi connectivity index (χ1) is 13.9. The second-order valence-corrected chi connectivity index (χ2v) is 11.5. The maximum Gasteiger partial charge on any atom is 0.534 e. The number of hydrogen-bond acceptors (Lipinski definition) is 7. The number of halogens is 8. The Kier molecular flexibility index (Phi) is 6.00. The molecule has 0 aliphatic rings. The highest BCUT2D eigenvalue weighted by Gasteiger charge is 2.49. The van der Waals surface area contributed by atoms with Gasteiger partial charge in [0.1, 0.15) is 0 Å². The van der Waals surface area contributed by atoms with E-state index in [1.807, 2.05) is 0 Å². The Morgan fingerprint density at radius 2 is 1.00 bits per heavy atom. The minimum Gasteiger partial charge on any atom is -0.375 e. The number of fused-ring (bicyclic) bond motifs is 3. The van der Waals surface area contributed by atoms with E-state index in [9.17, 15) is 43.2 Å². The zero-order chi connectivity index (χ0) is 23.6. The first-order valence-electron chi connectivity index (χ1n) is 7.30. The Morgan fingerprint density at radius 1 is 0.677 bits per heavy atom. The molecule has 0 radical (unpaired) electrons. The summed E-state index contributed by atoms with van der Waals surface area (Å²) in [4.78, 5) is 0. The van der Waals surface area contributed by atoms with Crippen molar-refractivity contribution in [1.29, 1.82) is 0 Å². The molecule has 1 heterocycles.